The number of ether oxygens (including phenoxy) is 1. The van der Waals surface area contributed by atoms with E-state index >= 15 is 0 Å². The van der Waals surface area contributed by atoms with E-state index in [-0.39, 0.29) is 18.9 Å². The summed E-state index contributed by atoms with van der Waals surface area (Å²) in [5.41, 5.74) is 3.78. The van der Waals surface area contributed by atoms with E-state index in [9.17, 15) is 9.59 Å². The molecule has 1 aliphatic heterocycles. The number of nitrogens with zero attached hydrogens (tertiary/aromatic N) is 2. The van der Waals surface area contributed by atoms with Crippen LogP contribution >= 0.6 is 22.7 Å². The molecule has 3 aromatic rings. The number of fused-ring (bicyclic) bond motifs is 1. The van der Waals surface area contributed by atoms with Crippen LogP contribution in [0.5, 0.6) is 0 Å². The first-order chi connectivity index (χ1) is 12.7. The van der Waals surface area contributed by atoms with Crippen LogP contribution in [0.25, 0.3) is 10.6 Å². The molecule has 132 valence electrons. The van der Waals surface area contributed by atoms with Crippen LogP contribution in [0.15, 0.2) is 46.5 Å². The highest BCUT2D eigenvalue weighted by atomic mass is 32.1. The van der Waals surface area contributed by atoms with E-state index in [1.807, 2.05) is 46.5 Å². The van der Waals surface area contributed by atoms with Gasteiger partial charge in [0, 0.05) is 28.6 Å². The minimum atomic E-state index is -0.437. The number of carbonyl (C=O) groups excluding carboxylic acids is 2. The minimum absolute atomic E-state index is 0.0739. The van der Waals surface area contributed by atoms with Crippen molar-refractivity contribution in [2.45, 2.75) is 12.8 Å². The van der Waals surface area contributed by atoms with Crippen molar-refractivity contribution in [2.24, 2.45) is 0 Å². The predicted octanol–water partition coefficient (Wildman–Crippen LogP) is 3.55. The number of thiazole rings is 1. The molecule has 0 fully saturated rings. The molecule has 0 aliphatic carbocycles. The van der Waals surface area contributed by atoms with Gasteiger partial charge in [-0.3, -0.25) is 9.59 Å². The van der Waals surface area contributed by atoms with Gasteiger partial charge in [0.15, 0.2) is 6.61 Å². The zero-order valence-corrected chi connectivity index (χ0v) is 15.5. The molecule has 0 N–H and O–H groups in total. The Morgan fingerprint density at radius 2 is 2.08 bits per heavy atom. The molecule has 0 saturated carbocycles. The summed E-state index contributed by atoms with van der Waals surface area (Å²) >= 11 is 3.11. The Morgan fingerprint density at radius 1 is 1.19 bits per heavy atom. The topological polar surface area (TPSA) is 59.5 Å². The lowest BCUT2D eigenvalue weighted by Crippen LogP contribution is -2.33. The lowest BCUT2D eigenvalue weighted by molar-refractivity contribution is -0.147. The summed E-state index contributed by atoms with van der Waals surface area (Å²) in [4.78, 5) is 30.5. The number of benzene rings is 1. The van der Waals surface area contributed by atoms with E-state index in [0.29, 0.717) is 12.2 Å². The molecule has 5 nitrogen and oxygen atoms in total. The first-order valence-corrected chi connectivity index (χ1v) is 10.0. The number of thiophene rings is 1. The Balaban J connectivity index is 1.31. The number of rotatable bonds is 5. The average Bonchev–Trinajstić information content (AvgIpc) is 3.39. The highest BCUT2D eigenvalue weighted by molar-refractivity contribution is 7.14. The fourth-order valence-corrected chi connectivity index (χ4v) is 4.46. The van der Waals surface area contributed by atoms with Gasteiger partial charge in [-0.1, -0.05) is 18.2 Å². The third kappa shape index (κ3) is 3.54. The third-order valence-electron chi connectivity index (χ3n) is 4.19. The van der Waals surface area contributed by atoms with Crippen molar-refractivity contribution in [3.05, 3.63) is 57.7 Å². The fraction of sp³-hybridized carbons (Fsp3) is 0.211. The second kappa shape index (κ2) is 7.39. The van der Waals surface area contributed by atoms with Crippen molar-refractivity contribution in [1.29, 1.82) is 0 Å². The molecule has 1 amide bonds. The molecule has 1 aromatic carbocycles. The van der Waals surface area contributed by atoms with Gasteiger partial charge in [-0.25, -0.2) is 4.98 Å². The average molecular weight is 384 g/mol. The van der Waals surface area contributed by atoms with Gasteiger partial charge in [-0.2, -0.15) is 11.3 Å². The standard InChI is InChI=1S/C19H16N2O3S2/c22-17(21-7-5-13-3-1-2-4-16(13)21)10-24-18(23)9-15-12-26-19(20-15)14-6-8-25-11-14/h1-4,6,8,11-12H,5,7,9-10H2. The third-order valence-corrected chi connectivity index (χ3v) is 5.81. The molecule has 1 aliphatic rings. The maximum Gasteiger partial charge on any atom is 0.312 e. The van der Waals surface area contributed by atoms with Gasteiger partial charge in [0.2, 0.25) is 0 Å². The number of hydrogen-bond acceptors (Lipinski definition) is 6. The molecule has 3 heterocycles. The minimum Gasteiger partial charge on any atom is -0.455 e. The van der Waals surface area contributed by atoms with Crippen molar-refractivity contribution in [3.8, 4) is 10.6 Å². The molecule has 0 spiro atoms. The van der Waals surface area contributed by atoms with Gasteiger partial charge in [0.1, 0.15) is 5.01 Å². The fourth-order valence-electron chi connectivity index (χ4n) is 2.92. The number of anilines is 1. The molecule has 0 radical (unpaired) electrons. The second-order valence-electron chi connectivity index (χ2n) is 5.92. The first kappa shape index (κ1) is 16.9. The SMILES string of the molecule is O=C(Cc1csc(-c2ccsc2)n1)OCC(=O)N1CCc2ccccc21. The lowest BCUT2D eigenvalue weighted by atomic mass is 10.2. The molecule has 2 aromatic heterocycles. The highest BCUT2D eigenvalue weighted by Gasteiger charge is 2.25. The van der Waals surface area contributed by atoms with Crippen molar-refractivity contribution < 1.29 is 14.3 Å². The molecule has 4 rings (SSSR count). The maximum absolute atomic E-state index is 12.4. The van der Waals surface area contributed by atoms with Crippen LogP contribution in [-0.2, 0) is 27.2 Å². The van der Waals surface area contributed by atoms with E-state index in [1.165, 1.54) is 11.3 Å². The van der Waals surface area contributed by atoms with E-state index in [2.05, 4.69) is 4.98 Å². The zero-order valence-electron chi connectivity index (χ0n) is 13.9. The second-order valence-corrected chi connectivity index (χ2v) is 7.56. The van der Waals surface area contributed by atoms with Crippen molar-refractivity contribution in [1.82, 2.24) is 4.98 Å². The number of amides is 1. The molecular weight excluding hydrogens is 368 g/mol. The van der Waals surface area contributed by atoms with Crippen LogP contribution in [0.4, 0.5) is 5.69 Å². The quantitative estimate of drug-likeness (QED) is 0.631. The van der Waals surface area contributed by atoms with Gasteiger partial charge in [-0.05, 0) is 29.5 Å². The number of hydrogen-bond donors (Lipinski definition) is 0. The number of para-hydroxylation sites is 1. The van der Waals surface area contributed by atoms with E-state index in [4.69, 9.17) is 4.74 Å². The number of aromatic nitrogens is 1. The van der Waals surface area contributed by atoms with Gasteiger partial charge < -0.3 is 9.64 Å². The lowest BCUT2D eigenvalue weighted by Gasteiger charge is -2.17. The van der Waals surface area contributed by atoms with Crippen molar-refractivity contribution >= 4 is 40.2 Å². The van der Waals surface area contributed by atoms with E-state index in [0.717, 1.165) is 28.2 Å². The van der Waals surface area contributed by atoms with Crippen molar-refractivity contribution in [3.63, 3.8) is 0 Å². The molecule has 0 atom stereocenters. The van der Waals surface area contributed by atoms with Crippen LogP contribution < -0.4 is 4.90 Å². The summed E-state index contributed by atoms with van der Waals surface area (Å²) in [6, 6.07) is 9.80. The highest BCUT2D eigenvalue weighted by Crippen LogP contribution is 2.28. The number of carbonyl (C=O) groups is 2. The van der Waals surface area contributed by atoms with Crippen LogP contribution in [0.1, 0.15) is 11.3 Å². The zero-order chi connectivity index (χ0) is 17.9. The molecule has 0 bridgehead atoms. The van der Waals surface area contributed by atoms with Gasteiger partial charge in [0.25, 0.3) is 5.91 Å². The summed E-state index contributed by atoms with van der Waals surface area (Å²) in [6.07, 6.45) is 0.907. The normalized spacial score (nSPS) is 12.8. The van der Waals surface area contributed by atoms with E-state index in [1.54, 1.807) is 16.2 Å². The van der Waals surface area contributed by atoms with Crippen LogP contribution in [0.3, 0.4) is 0 Å². The van der Waals surface area contributed by atoms with Crippen LogP contribution in [0.2, 0.25) is 0 Å². The number of esters is 1. The molecular formula is C19H16N2O3S2. The monoisotopic (exact) mass is 384 g/mol. The summed E-state index contributed by atoms with van der Waals surface area (Å²) in [6.45, 7) is 0.389. The summed E-state index contributed by atoms with van der Waals surface area (Å²) in [5.74, 6) is -0.631. The molecule has 26 heavy (non-hydrogen) atoms. The molecule has 0 unspecified atom stereocenters. The predicted molar refractivity (Wildman–Crippen MR) is 103 cm³/mol. The Morgan fingerprint density at radius 3 is 2.92 bits per heavy atom. The maximum atomic E-state index is 12.4. The van der Waals surface area contributed by atoms with E-state index < -0.39 is 5.97 Å². The smallest absolute Gasteiger partial charge is 0.312 e. The van der Waals surface area contributed by atoms with Crippen LogP contribution in [-0.4, -0.2) is 30.0 Å². The van der Waals surface area contributed by atoms with Crippen molar-refractivity contribution in [2.75, 3.05) is 18.1 Å². The Labute approximate surface area is 158 Å². The Bertz CT molecular complexity index is 934. The first-order valence-electron chi connectivity index (χ1n) is 8.21. The summed E-state index contributed by atoms with van der Waals surface area (Å²) in [7, 11) is 0. The Hall–Kier alpha value is -2.51. The molecule has 0 saturated heterocycles. The summed E-state index contributed by atoms with van der Waals surface area (Å²) < 4.78 is 5.17. The van der Waals surface area contributed by atoms with Gasteiger partial charge in [-0.15, -0.1) is 11.3 Å². The Kier molecular flexibility index (Phi) is 4.81. The van der Waals surface area contributed by atoms with Gasteiger partial charge in [0.05, 0.1) is 12.1 Å². The summed E-state index contributed by atoms with van der Waals surface area (Å²) in [5, 5.41) is 6.76. The molecule has 7 heteroatoms. The van der Waals surface area contributed by atoms with Crippen LogP contribution in [0, 0.1) is 0 Å². The van der Waals surface area contributed by atoms with Gasteiger partial charge >= 0.3 is 5.97 Å². The largest absolute Gasteiger partial charge is 0.455 e.